The van der Waals surface area contributed by atoms with Crippen LogP contribution in [0.15, 0.2) is 0 Å². The van der Waals surface area contributed by atoms with Crippen LogP contribution < -0.4 is 5.32 Å². The van der Waals surface area contributed by atoms with Gasteiger partial charge >= 0.3 is 0 Å². The molecule has 0 aromatic heterocycles. The molecule has 0 aliphatic carbocycles. The highest BCUT2D eigenvalue weighted by Gasteiger charge is 2.11. The molecule has 0 amide bonds. The predicted molar refractivity (Wildman–Crippen MR) is 61.3 cm³/mol. The van der Waals surface area contributed by atoms with Crippen LogP contribution in [0.3, 0.4) is 0 Å². The van der Waals surface area contributed by atoms with Crippen molar-refractivity contribution in [3.05, 3.63) is 0 Å². The van der Waals surface area contributed by atoms with Gasteiger partial charge in [-0.05, 0) is 31.8 Å². The Kier molecular flexibility index (Phi) is 7.19. The van der Waals surface area contributed by atoms with Gasteiger partial charge in [0.2, 0.25) is 0 Å². The molecule has 3 nitrogen and oxygen atoms in total. The minimum Gasteiger partial charge on any atom is -0.317 e. The van der Waals surface area contributed by atoms with E-state index in [9.17, 15) is 8.42 Å². The van der Waals surface area contributed by atoms with Crippen LogP contribution >= 0.6 is 0 Å². The van der Waals surface area contributed by atoms with Crippen LogP contribution in [0.25, 0.3) is 0 Å². The van der Waals surface area contributed by atoms with E-state index < -0.39 is 9.84 Å². The highest BCUT2D eigenvalue weighted by Crippen LogP contribution is 2.01. The number of nitrogens with one attached hydrogen (secondary N) is 1. The zero-order valence-corrected chi connectivity index (χ0v) is 10.4. The molecule has 0 rings (SSSR count). The van der Waals surface area contributed by atoms with Crippen LogP contribution in [0.1, 0.15) is 33.6 Å². The van der Waals surface area contributed by atoms with Crippen molar-refractivity contribution in [3.8, 4) is 0 Å². The molecule has 86 valence electrons. The van der Waals surface area contributed by atoms with Gasteiger partial charge in [0.25, 0.3) is 0 Å². The number of sulfone groups is 1. The SMILES string of the molecule is CCCNCCCS(=O)(=O)CC(C)C. The average molecular weight is 221 g/mol. The molecule has 0 spiro atoms. The van der Waals surface area contributed by atoms with Crippen molar-refractivity contribution in [1.82, 2.24) is 5.32 Å². The zero-order valence-electron chi connectivity index (χ0n) is 9.54. The lowest BCUT2D eigenvalue weighted by Crippen LogP contribution is -2.21. The van der Waals surface area contributed by atoms with Crippen LogP contribution in [-0.2, 0) is 9.84 Å². The van der Waals surface area contributed by atoms with Crippen LogP contribution in [0.4, 0.5) is 0 Å². The van der Waals surface area contributed by atoms with E-state index in [1.165, 1.54) is 0 Å². The molecule has 0 aromatic carbocycles. The van der Waals surface area contributed by atoms with Crippen molar-refractivity contribution >= 4 is 9.84 Å². The fourth-order valence-electron chi connectivity index (χ4n) is 1.31. The maximum atomic E-state index is 11.4. The molecule has 0 heterocycles. The molecule has 1 N–H and O–H groups in total. The van der Waals surface area contributed by atoms with E-state index in [1.807, 2.05) is 13.8 Å². The molecule has 0 fully saturated rings. The van der Waals surface area contributed by atoms with Crippen LogP contribution in [0.5, 0.6) is 0 Å². The highest BCUT2D eigenvalue weighted by atomic mass is 32.2. The lowest BCUT2D eigenvalue weighted by Gasteiger charge is -2.07. The largest absolute Gasteiger partial charge is 0.317 e. The Balaban J connectivity index is 3.56. The third-order valence-electron chi connectivity index (χ3n) is 1.82. The number of rotatable bonds is 8. The van der Waals surface area contributed by atoms with E-state index in [2.05, 4.69) is 12.2 Å². The van der Waals surface area contributed by atoms with E-state index >= 15 is 0 Å². The summed E-state index contributed by atoms with van der Waals surface area (Å²) in [6.07, 6.45) is 1.83. The Morgan fingerprint density at radius 3 is 2.36 bits per heavy atom. The molecular weight excluding hydrogens is 198 g/mol. The molecule has 0 radical (unpaired) electrons. The average Bonchev–Trinajstić information content (AvgIpc) is 2.01. The van der Waals surface area contributed by atoms with Gasteiger partial charge in [0, 0.05) is 0 Å². The van der Waals surface area contributed by atoms with Gasteiger partial charge in [0.05, 0.1) is 11.5 Å². The molecular formula is C10H23NO2S. The lowest BCUT2D eigenvalue weighted by atomic mass is 10.3. The van der Waals surface area contributed by atoms with E-state index in [-0.39, 0.29) is 5.92 Å². The summed E-state index contributed by atoms with van der Waals surface area (Å²) in [6.45, 7) is 7.76. The van der Waals surface area contributed by atoms with Gasteiger partial charge < -0.3 is 5.32 Å². The molecule has 0 bridgehead atoms. The van der Waals surface area contributed by atoms with Crippen molar-refractivity contribution in [2.45, 2.75) is 33.6 Å². The Morgan fingerprint density at radius 2 is 1.86 bits per heavy atom. The molecule has 0 atom stereocenters. The smallest absolute Gasteiger partial charge is 0.150 e. The minimum absolute atomic E-state index is 0.239. The molecule has 0 saturated carbocycles. The molecule has 0 aromatic rings. The van der Waals surface area contributed by atoms with Crippen molar-refractivity contribution in [2.24, 2.45) is 5.92 Å². The lowest BCUT2D eigenvalue weighted by molar-refractivity contribution is 0.575. The van der Waals surface area contributed by atoms with Crippen LogP contribution in [0, 0.1) is 5.92 Å². The summed E-state index contributed by atoms with van der Waals surface area (Å²) in [4.78, 5) is 0. The summed E-state index contributed by atoms with van der Waals surface area (Å²) < 4.78 is 22.9. The summed E-state index contributed by atoms with van der Waals surface area (Å²) in [5.41, 5.74) is 0. The van der Waals surface area contributed by atoms with Gasteiger partial charge in [-0.3, -0.25) is 0 Å². The quantitative estimate of drug-likeness (QED) is 0.631. The fourth-order valence-corrected chi connectivity index (χ4v) is 3.08. The van der Waals surface area contributed by atoms with E-state index in [0.717, 1.165) is 25.9 Å². The van der Waals surface area contributed by atoms with Crippen molar-refractivity contribution in [1.29, 1.82) is 0 Å². The fraction of sp³-hybridized carbons (Fsp3) is 1.00. The highest BCUT2D eigenvalue weighted by molar-refractivity contribution is 7.91. The molecule has 0 unspecified atom stereocenters. The third kappa shape index (κ3) is 8.51. The summed E-state index contributed by atoms with van der Waals surface area (Å²) in [5.74, 6) is 0.881. The van der Waals surface area contributed by atoms with Gasteiger partial charge in [-0.1, -0.05) is 20.8 Å². The summed E-state index contributed by atoms with van der Waals surface area (Å²) in [7, 11) is -2.81. The molecule has 0 saturated heterocycles. The Morgan fingerprint density at radius 1 is 1.21 bits per heavy atom. The normalized spacial score (nSPS) is 12.3. The van der Waals surface area contributed by atoms with Crippen molar-refractivity contribution < 1.29 is 8.42 Å². The second-order valence-electron chi connectivity index (χ2n) is 4.11. The summed E-state index contributed by atoms with van der Waals surface area (Å²) in [5, 5.41) is 3.20. The first-order valence-corrected chi connectivity index (χ1v) is 7.21. The summed E-state index contributed by atoms with van der Waals surface area (Å²) >= 11 is 0. The number of hydrogen-bond donors (Lipinski definition) is 1. The van der Waals surface area contributed by atoms with Gasteiger partial charge in [0.15, 0.2) is 9.84 Å². The monoisotopic (exact) mass is 221 g/mol. The Hall–Kier alpha value is -0.0900. The Bertz CT molecular complexity index is 222. The summed E-state index contributed by atoms with van der Waals surface area (Å²) in [6, 6.07) is 0. The molecule has 4 heteroatoms. The van der Waals surface area contributed by atoms with Gasteiger partial charge in [0.1, 0.15) is 0 Å². The van der Waals surface area contributed by atoms with E-state index in [4.69, 9.17) is 0 Å². The first-order chi connectivity index (χ1) is 6.48. The van der Waals surface area contributed by atoms with Crippen LogP contribution in [-0.4, -0.2) is 33.0 Å². The third-order valence-corrected chi connectivity index (χ3v) is 3.91. The van der Waals surface area contributed by atoms with Crippen molar-refractivity contribution in [3.63, 3.8) is 0 Å². The second-order valence-corrected chi connectivity index (χ2v) is 6.34. The topological polar surface area (TPSA) is 46.2 Å². The Labute approximate surface area is 88.2 Å². The first kappa shape index (κ1) is 13.9. The van der Waals surface area contributed by atoms with Gasteiger partial charge in [-0.25, -0.2) is 8.42 Å². The minimum atomic E-state index is -2.81. The van der Waals surface area contributed by atoms with E-state index in [0.29, 0.717) is 11.5 Å². The second kappa shape index (κ2) is 7.23. The predicted octanol–water partition coefficient (Wildman–Crippen LogP) is 1.45. The maximum Gasteiger partial charge on any atom is 0.150 e. The number of hydrogen-bond acceptors (Lipinski definition) is 3. The van der Waals surface area contributed by atoms with Gasteiger partial charge in [-0.15, -0.1) is 0 Å². The maximum absolute atomic E-state index is 11.4. The first-order valence-electron chi connectivity index (χ1n) is 5.39. The van der Waals surface area contributed by atoms with Crippen molar-refractivity contribution in [2.75, 3.05) is 24.6 Å². The zero-order chi connectivity index (χ0) is 11.0. The van der Waals surface area contributed by atoms with Crippen LogP contribution in [0.2, 0.25) is 0 Å². The standard InChI is InChI=1S/C10H23NO2S/c1-4-6-11-7-5-8-14(12,13)9-10(2)3/h10-11H,4-9H2,1-3H3. The molecule has 0 aliphatic rings. The molecule has 0 aliphatic heterocycles. The van der Waals surface area contributed by atoms with E-state index in [1.54, 1.807) is 0 Å². The molecule has 14 heavy (non-hydrogen) atoms. The van der Waals surface area contributed by atoms with Gasteiger partial charge in [-0.2, -0.15) is 0 Å².